The first-order chi connectivity index (χ1) is 11.2. The Labute approximate surface area is 143 Å². The fraction of sp³-hybridized carbons (Fsp3) is 0.611. The molecular formula is C18H29NO5. The van der Waals surface area contributed by atoms with Crippen LogP contribution in [0.1, 0.15) is 50.8 Å². The maximum atomic E-state index is 11.5. The summed E-state index contributed by atoms with van der Waals surface area (Å²) in [5, 5.41) is 31.6. The number of alkyl carbamates (subject to hydrolysis) is 1. The maximum Gasteiger partial charge on any atom is 0.407 e. The van der Waals surface area contributed by atoms with E-state index in [0.717, 1.165) is 12.0 Å². The van der Waals surface area contributed by atoms with Gasteiger partial charge in [-0.2, -0.15) is 0 Å². The van der Waals surface area contributed by atoms with E-state index in [1.54, 1.807) is 32.9 Å². The first kappa shape index (κ1) is 20.4. The topological polar surface area (TPSA) is 99.0 Å². The lowest BCUT2D eigenvalue weighted by Crippen LogP contribution is -2.34. The van der Waals surface area contributed by atoms with Crippen LogP contribution < -0.4 is 5.32 Å². The van der Waals surface area contributed by atoms with Gasteiger partial charge in [0.15, 0.2) is 0 Å². The molecule has 0 radical (unpaired) electrons. The van der Waals surface area contributed by atoms with Crippen LogP contribution in [-0.4, -0.2) is 46.3 Å². The molecule has 1 aromatic rings. The first-order valence-electron chi connectivity index (χ1n) is 8.25. The van der Waals surface area contributed by atoms with Gasteiger partial charge < -0.3 is 25.4 Å². The molecule has 0 aliphatic heterocycles. The molecule has 6 heteroatoms. The molecule has 0 saturated heterocycles. The maximum absolute atomic E-state index is 11.5. The molecule has 0 spiro atoms. The summed E-state index contributed by atoms with van der Waals surface area (Å²) in [6.07, 6.45) is -0.860. The summed E-state index contributed by atoms with van der Waals surface area (Å²) in [5.41, 5.74) is 1.12. The van der Waals surface area contributed by atoms with Crippen LogP contribution in [0.5, 0.6) is 0 Å². The quantitative estimate of drug-likeness (QED) is 0.580. The number of aryl methyl sites for hydroxylation is 1. The van der Waals surface area contributed by atoms with Gasteiger partial charge in [0.1, 0.15) is 11.7 Å². The fourth-order valence-corrected chi connectivity index (χ4v) is 2.18. The van der Waals surface area contributed by atoms with Crippen molar-refractivity contribution in [1.82, 2.24) is 5.32 Å². The molecule has 0 fully saturated rings. The van der Waals surface area contributed by atoms with Crippen LogP contribution >= 0.6 is 0 Å². The van der Waals surface area contributed by atoms with E-state index in [9.17, 15) is 15.0 Å². The van der Waals surface area contributed by atoms with E-state index in [2.05, 4.69) is 5.32 Å². The van der Waals surface area contributed by atoms with Crippen molar-refractivity contribution in [3.63, 3.8) is 0 Å². The molecular weight excluding hydrogens is 310 g/mol. The Hall–Kier alpha value is -1.63. The lowest BCUT2D eigenvalue weighted by Gasteiger charge is -2.21. The van der Waals surface area contributed by atoms with Gasteiger partial charge in [-0.3, -0.25) is 0 Å². The average Bonchev–Trinajstić information content (AvgIpc) is 2.50. The molecule has 136 valence electrons. The third-order valence-corrected chi connectivity index (χ3v) is 3.42. The van der Waals surface area contributed by atoms with Crippen LogP contribution in [0.15, 0.2) is 24.3 Å². The van der Waals surface area contributed by atoms with Crippen LogP contribution in [0.25, 0.3) is 0 Å². The summed E-state index contributed by atoms with van der Waals surface area (Å²) in [4.78, 5) is 11.5. The van der Waals surface area contributed by atoms with E-state index in [4.69, 9.17) is 9.84 Å². The number of nitrogens with one attached hydrogen (secondary N) is 1. The van der Waals surface area contributed by atoms with E-state index < -0.39 is 23.9 Å². The molecule has 0 aliphatic rings. The molecule has 1 rings (SSSR count). The zero-order valence-electron chi connectivity index (χ0n) is 14.7. The van der Waals surface area contributed by atoms with Crippen molar-refractivity contribution in [1.29, 1.82) is 0 Å². The number of hydrogen-bond donors (Lipinski definition) is 4. The highest BCUT2D eigenvalue weighted by molar-refractivity contribution is 5.67. The van der Waals surface area contributed by atoms with E-state index >= 15 is 0 Å². The molecule has 6 nitrogen and oxygen atoms in total. The number of ether oxygens (including phenoxy) is 1. The van der Waals surface area contributed by atoms with Gasteiger partial charge in [0, 0.05) is 13.2 Å². The Morgan fingerprint density at radius 2 is 1.83 bits per heavy atom. The Balaban J connectivity index is 2.41. The number of aliphatic hydroxyl groups is 3. The number of hydrogen-bond acceptors (Lipinski definition) is 5. The monoisotopic (exact) mass is 339 g/mol. The lowest BCUT2D eigenvalue weighted by molar-refractivity contribution is 0.0123. The minimum atomic E-state index is -1.02. The molecule has 4 N–H and O–H groups in total. The second-order valence-electron chi connectivity index (χ2n) is 6.80. The zero-order chi connectivity index (χ0) is 18.2. The number of rotatable bonds is 8. The van der Waals surface area contributed by atoms with Gasteiger partial charge >= 0.3 is 6.09 Å². The number of carbonyl (C=O) groups excluding carboxylic acids is 1. The molecule has 2 atom stereocenters. The molecule has 0 bridgehead atoms. The average molecular weight is 339 g/mol. The highest BCUT2D eigenvalue weighted by Crippen LogP contribution is 2.19. The summed E-state index contributed by atoms with van der Waals surface area (Å²) in [7, 11) is 0. The smallest absolute Gasteiger partial charge is 0.407 e. The van der Waals surface area contributed by atoms with Gasteiger partial charge in [-0.25, -0.2) is 4.79 Å². The van der Waals surface area contributed by atoms with Gasteiger partial charge in [0.05, 0.1) is 6.10 Å². The van der Waals surface area contributed by atoms with Gasteiger partial charge in [-0.05, 0) is 51.2 Å². The molecule has 1 aromatic carbocycles. The lowest BCUT2D eigenvalue weighted by atomic mass is 9.99. The van der Waals surface area contributed by atoms with E-state index in [1.165, 1.54) is 0 Å². The molecule has 0 aromatic heterocycles. The van der Waals surface area contributed by atoms with Gasteiger partial charge in [0.25, 0.3) is 0 Å². The molecule has 0 heterocycles. The summed E-state index contributed by atoms with van der Waals surface area (Å²) < 4.78 is 5.10. The predicted octanol–water partition coefficient (Wildman–Crippen LogP) is 1.92. The molecule has 2 unspecified atom stereocenters. The highest BCUT2D eigenvalue weighted by Gasteiger charge is 2.20. The fourth-order valence-electron chi connectivity index (χ4n) is 2.18. The van der Waals surface area contributed by atoms with Crippen molar-refractivity contribution in [2.45, 2.75) is 57.8 Å². The minimum Gasteiger partial charge on any atom is -0.444 e. The summed E-state index contributed by atoms with van der Waals surface area (Å²) in [6.45, 7) is 5.68. The van der Waals surface area contributed by atoms with E-state index in [-0.39, 0.29) is 19.6 Å². The van der Waals surface area contributed by atoms with Crippen molar-refractivity contribution in [2.75, 3.05) is 13.2 Å². The predicted molar refractivity (Wildman–Crippen MR) is 91.7 cm³/mol. The van der Waals surface area contributed by atoms with Gasteiger partial charge in [-0.1, -0.05) is 24.3 Å². The highest BCUT2D eigenvalue weighted by atomic mass is 16.6. The van der Waals surface area contributed by atoms with Gasteiger partial charge in [0.2, 0.25) is 0 Å². The number of amides is 1. The third-order valence-electron chi connectivity index (χ3n) is 3.42. The van der Waals surface area contributed by atoms with Crippen LogP contribution in [0, 0.1) is 0 Å². The molecule has 0 saturated carbocycles. The van der Waals surface area contributed by atoms with Crippen LogP contribution in [0.4, 0.5) is 4.79 Å². The molecule has 0 aliphatic carbocycles. The van der Waals surface area contributed by atoms with Crippen LogP contribution in [-0.2, 0) is 11.2 Å². The van der Waals surface area contributed by atoms with Gasteiger partial charge in [-0.15, -0.1) is 0 Å². The Morgan fingerprint density at radius 1 is 1.21 bits per heavy atom. The number of benzene rings is 1. The zero-order valence-corrected chi connectivity index (χ0v) is 14.7. The Morgan fingerprint density at radius 3 is 2.38 bits per heavy atom. The van der Waals surface area contributed by atoms with E-state index in [1.807, 2.05) is 12.1 Å². The molecule has 24 heavy (non-hydrogen) atoms. The SMILES string of the molecule is CC(C)(C)OC(=O)NCCC(O)C(O)c1ccc(CCCO)cc1. The standard InChI is InChI=1S/C18H29NO5/c1-18(2,3)24-17(23)19-11-10-15(21)16(22)14-8-6-13(7-9-14)5-4-12-20/h6-9,15-16,20-22H,4-5,10-12H2,1-3H3,(H,19,23). The summed E-state index contributed by atoms with van der Waals surface area (Å²) in [6, 6.07) is 7.28. The van der Waals surface area contributed by atoms with Crippen LogP contribution in [0.3, 0.4) is 0 Å². The third kappa shape index (κ3) is 7.77. The first-order valence-corrected chi connectivity index (χ1v) is 8.25. The van der Waals surface area contributed by atoms with Crippen molar-refractivity contribution in [3.05, 3.63) is 35.4 Å². The normalized spacial score (nSPS) is 14.1. The van der Waals surface area contributed by atoms with Crippen molar-refractivity contribution in [3.8, 4) is 0 Å². The minimum absolute atomic E-state index is 0.147. The van der Waals surface area contributed by atoms with E-state index in [0.29, 0.717) is 12.0 Å². The van der Waals surface area contributed by atoms with Crippen molar-refractivity contribution in [2.24, 2.45) is 0 Å². The Bertz CT molecular complexity index is 495. The van der Waals surface area contributed by atoms with Crippen molar-refractivity contribution < 1.29 is 24.9 Å². The molecule has 1 amide bonds. The number of aliphatic hydroxyl groups excluding tert-OH is 3. The second kappa shape index (κ2) is 9.61. The Kier molecular flexibility index (Phi) is 8.18. The van der Waals surface area contributed by atoms with Crippen molar-refractivity contribution >= 4 is 6.09 Å². The second-order valence-corrected chi connectivity index (χ2v) is 6.80. The summed E-state index contributed by atoms with van der Waals surface area (Å²) in [5.74, 6) is 0. The summed E-state index contributed by atoms with van der Waals surface area (Å²) >= 11 is 0. The largest absolute Gasteiger partial charge is 0.444 e. The van der Waals surface area contributed by atoms with Crippen LogP contribution in [0.2, 0.25) is 0 Å². The number of carbonyl (C=O) groups is 1.